The molecule has 1 saturated carbocycles. The minimum atomic E-state index is 0.00904. The molecule has 5 heteroatoms. The Morgan fingerprint density at radius 2 is 2.00 bits per heavy atom. The molecule has 2 rings (SSSR count). The molecule has 114 valence electrons. The fraction of sp³-hybridized carbons (Fsp3) is 0.867. The number of hydrogen-bond donors (Lipinski definition) is 1. The Kier molecular flexibility index (Phi) is 5.13. The maximum atomic E-state index is 4.26. The van der Waals surface area contributed by atoms with Crippen molar-refractivity contribution in [3.05, 3.63) is 11.9 Å². The van der Waals surface area contributed by atoms with Crippen LogP contribution < -0.4 is 5.32 Å². The van der Waals surface area contributed by atoms with Crippen molar-refractivity contribution in [1.82, 2.24) is 20.3 Å². The number of nitrogens with zero attached hydrogens (tertiary/aromatic N) is 3. The van der Waals surface area contributed by atoms with E-state index < -0.39 is 0 Å². The van der Waals surface area contributed by atoms with Crippen molar-refractivity contribution in [2.75, 3.05) is 12.8 Å². The van der Waals surface area contributed by atoms with E-state index in [4.69, 9.17) is 0 Å². The second-order valence-electron chi connectivity index (χ2n) is 6.88. The molecule has 0 amide bonds. The van der Waals surface area contributed by atoms with Gasteiger partial charge in [-0.05, 0) is 39.9 Å². The quantitative estimate of drug-likeness (QED) is 0.906. The zero-order chi connectivity index (χ0) is 14.6. The van der Waals surface area contributed by atoms with Gasteiger partial charge in [0, 0.05) is 17.8 Å². The minimum absolute atomic E-state index is 0.00904. The summed E-state index contributed by atoms with van der Waals surface area (Å²) in [5, 5.41) is 12.1. The summed E-state index contributed by atoms with van der Waals surface area (Å²) in [6, 6.07) is 0. The van der Waals surface area contributed by atoms with E-state index in [1.54, 1.807) is 0 Å². The van der Waals surface area contributed by atoms with Gasteiger partial charge in [-0.15, -0.1) is 5.10 Å². The van der Waals surface area contributed by atoms with Crippen LogP contribution in [0.25, 0.3) is 0 Å². The molecule has 0 atom stereocenters. The summed E-state index contributed by atoms with van der Waals surface area (Å²) >= 11 is 2.03. The van der Waals surface area contributed by atoms with Gasteiger partial charge in [-0.3, -0.25) is 0 Å². The van der Waals surface area contributed by atoms with E-state index in [1.807, 2.05) is 16.4 Å². The fourth-order valence-corrected chi connectivity index (χ4v) is 3.72. The van der Waals surface area contributed by atoms with Crippen LogP contribution in [-0.2, 0) is 12.1 Å². The largest absolute Gasteiger partial charge is 0.310 e. The first-order chi connectivity index (χ1) is 9.45. The SMILES string of the molecule is CSC1(CNCc2cn(C(C)(C)C)nn2)CCCCC1. The van der Waals surface area contributed by atoms with Crippen molar-refractivity contribution in [2.24, 2.45) is 0 Å². The second-order valence-corrected chi connectivity index (χ2v) is 8.15. The summed E-state index contributed by atoms with van der Waals surface area (Å²) < 4.78 is 2.38. The summed E-state index contributed by atoms with van der Waals surface area (Å²) in [4.78, 5) is 0. The summed E-state index contributed by atoms with van der Waals surface area (Å²) in [5.74, 6) is 0. The number of aromatic nitrogens is 3. The van der Waals surface area contributed by atoms with Gasteiger partial charge in [-0.1, -0.05) is 24.5 Å². The molecule has 1 heterocycles. The molecule has 4 nitrogen and oxygen atoms in total. The summed E-state index contributed by atoms with van der Waals surface area (Å²) in [7, 11) is 0. The number of nitrogens with one attached hydrogen (secondary N) is 1. The molecule has 20 heavy (non-hydrogen) atoms. The fourth-order valence-electron chi connectivity index (χ4n) is 2.77. The van der Waals surface area contributed by atoms with Gasteiger partial charge in [0.1, 0.15) is 0 Å². The van der Waals surface area contributed by atoms with Crippen LogP contribution in [0.1, 0.15) is 58.6 Å². The summed E-state index contributed by atoms with van der Waals surface area (Å²) in [5.41, 5.74) is 1.04. The van der Waals surface area contributed by atoms with Crippen LogP contribution >= 0.6 is 11.8 Å². The van der Waals surface area contributed by atoms with Crippen LogP contribution in [0.5, 0.6) is 0 Å². The van der Waals surface area contributed by atoms with Gasteiger partial charge >= 0.3 is 0 Å². The molecule has 1 aliphatic rings. The van der Waals surface area contributed by atoms with Gasteiger partial charge in [-0.25, -0.2) is 4.68 Å². The predicted octanol–water partition coefficient (Wildman–Crippen LogP) is 3.19. The second kappa shape index (κ2) is 6.48. The third-order valence-corrected chi connectivity index (χ3v) is 5.60. The average molecular weight is 296 g/mol. The normalized spacial score (nSPS) is 19.2. The van der Waals surface area contributed by atoms with Crippen LogP contribution in [-0.4, -0.2) is 32.5 Å². The Labute approximate surface area is 127 Å². The minimum Gasteiger partial charge on any atom is -0.310 e. The lowest BCUT2D eigenvalue weighted by molar-refractivity contribution is 0.346. The molecule has 0 saturated heterocycles. The van der Waals surface area contributed by atoms with E-state index >= 15 is 0 Å². The zero-order valence-electron chi connectivity index (χ0n) is 13.3. The van der Waals surface area contributed by atoms with Crippen molar-refractivity contribution in [1.29, 1.82) is 0 Å². The zero-order valence-corrected chi connectivity index (χ0v) is 14.1. The van der Waals surface area contributed by atoms with Crippen LogP contribution in [0.3, 0.4) is 0 Å². The molecule has 0 unspecified atom stereocenters. The Hall–Kier alpha value is -0.550. The molecule has 0 aromatic carbocycles. The molecule has 0 aliphatic heterocycles. The van der Waals surface area contributed by atoms with Gasteiger partial charge in [0.15, 0.2) is 0 Å². The third-order valence-electron chi connectivity index (χ3n) is 4.18. The summed E-state index contributed by atoms with van der Waals surface area (Å²) in [6.45, 7) is 8.33. The van der Waals surface area contributed by atoms with E-state index in [9.17, 15) is 0 Å². The standard InChI is InChI=1S/C15H28N4S/c1-14(2,3)19-11-13(17-18-19)10-16-12-15(20-4)8-6-5-7-9-15/h11,16H,5-10,12H2,1-4H3. The first kappa shape index (κ1) is 15.8. The highest BCUT2D eigenvalue weighted by atomic mass is 32.2. The topological polar surface area (TPSA) is 42.7 Å². The van der Waals surface area contributed by atoms with Crippen LogP contribution in [0.4, 0.5) is 0 Å². The maximum Gasteiger partial charge on any atom is 0.0965 e. The predicted molar refractivity (Wildman–Crippen MR) is 86.1 cm³/mol. The molecular weight excluding hydrogens is 268 g/mol. The highest BCUT2D eigenvalue weighted by molar-refractivity contribution is 8.00. The van der Waals surface area contributed by atoms with E-state index in [2.05, 4.69) is 48.9 Å². The van der Waals surface area contributed by atoms with Crippen molar-refractivity contribution in [3.63, 3.8) is 0 Å². The number of rotatable bonds is 5. The lowest BCUT2D eigenvalue weighted by atomic mass is 9.88. The van der Waals surface area contributed by atoms with Crippen molar-refractivity contribution in [3.8, 4) is 0 Å². The molecule has 1 N–H and O–H groups in total. The molecule has 1 aliphatic carbocycles. The molecule has 0 spiro atoms. The van der Waals surface area contributed by atoms with E-state index in [0.29, 0.717) is 4.75 Å². The van der Waals surface area contributed by atoms with E-state index in [0.717, 1.165) is 18.8 Å². The van der Waals surface area contributed by atoms with Crippen LogP contribution in [0.2, 0.25) is 0 Å². The monoisotopic (exact) mass is 296 g/mol. The summed E-state index contributed by atoms with van der Waals surface area (Å²) in [6.07, 6.45) is 11.2. The van der Waals surface area contributed by atoms with E-state index in [-0.39, 0.29) is 5.54 Å². The van der Waals surface area contributed by atoms with Crippen molar-refractivity contribution in [2.45, 2.75) is 69.7 Å². The first-order valence-electron chi connectivity index (χ1n) is 7.63. The molecule has 1 aromatic rings. The van der Waals surface area contributed by atoms with Gasteiger partial charge < -0.3 is 5.32 Å². The number of thioether (sulfide) groups is 1. The first-order valence-corrected chi connectivity index (χ1v) is 8.85. The Bertz CT molecular complexity index is 416. The third kappa shape index (κ3) is 3.98. The lowest BCUT2D eigenvalue weighted by Crippen LogP contribution is -2.39. The van der Waals surface area contributed by atoms with E-state index in [1.165, 1.54) is 32.1 Å². The smallest absolute Gasteiger partial charge is 0.0965 e. The highest BCUT2D eigenvalue weighted by Crippen LogP contribution is 2.37. The van der Waals surface area contributed by atoms with Crippen LogP contribution in [0, 0.1) is 0 Å². The van der Waals surface area contributed by atoms with Crippen molar-refractivity contribution < 1.29 is 0 Å². The van der Waals surface area contributed by atoms with Gasteiger partial charge in [0.05, 0.1) is 17.4 Å². The van der Waals surface area contributed by atoms with Crippen molar-refractivity contribution >= 4 is 11.8 Å². The van der Waals surface area contributed by atoms with Gasteiger partial charge in [0.2, 0.25) is 0 Å². The highest BCUT2D eigenvalue weighted by Gasteiger charge is 2.30. The maximum absolute atomic E-state index is 4.26. The number of hydrogen-bond acceptors (Lipinski definition) is 4. The van der Waals surface area contributed by atoms with Crippen LogP contribution in [0.15, 0.2) is 6.20 Å². The Balaban J connectivity index is 1.84. The Morgan fingerprint density at radius 1 is 1.30 bits per heavy atom. The molecule has 1 fully saturated rings. The lowest BCUT2D eigenvalue weighted by Gasteiger charge is -2.36. The molecule has 1 aromatic heterocycles. The Morgan fingerprint density at radius 3 is 2.55 bits per heavy atom. The van der Waals surface area contributed by atoms with Gasteiger partial charge in [-0.2, -0.15) is 11.8 Å². The van der Waals surface area contributed by atoms with Gasteiger partial charge in [0.25, 0.3) is 0 Å². The molecule has 0 radical (unpaired) electrons. The molecule has 0 bridgehead atoms. The average Bonchev–Trinajstić information content (AvgIpc) is 2.89. The molecular formula is C15H28N4S.